The molecule has 1 aromatic heterocycles. The molecular formula is C3H4Cl2N4O2. The molecule has 0 saturated heterocycles. The van der Waals surface area contributed by atoms with E-state index in [1.54, 1.807) is 0 Å². The van der Waals surface area contributed by atoms with Gasteiger partial charge in [0.1, 0.15) is 0 Å². The molecular weight excluding hydrogens is 195 g/mol. The molecule has 11 heavy (non-hydrogen) atoms. The predicted octanol–water partition coefficient (Wildman–Crippen LogP) is 0.448. The molecule has 1 rings (SSSR count). The molecule has 0 radical (unpaired) electrons. The van der Waals surface area contributed by atoms with Crippen LogP contribution in [0.25, 0.3) is 0 Å². The van der Waals surface area contributed by atoms with E-state index in [4.69, 9.17) is 22.5 Å². The van der Waals surface area contributed by atoms with Crippen LogP contribution in [0.5, 0.6) is 0 Å². The van der Waals surface area contributed by atoms with Gasteiger partial charge in [-0.05, 0) is 10.3 Å². The third-order valence-corrected chi connectivity index (χ3v) is 1.05. The lowest BCUT2D eigenvalue weighted by atomic mass is 10.5. The van der Waals surface area contributed by atoms with Crippen LogP contribution in [0.15, 0.2) is 9.78 Å². The highest BCUT2D eigenvalue weighted by atomic mass is 35.5. The van der Waals surface area contributed by atoms with E-state index >= 15 is 0 Å². The number of anilines is 1. The first kappa shape index (κ1) is 9.99. The van der Waals surface area contributed by atoms with E-state index in [0.717, 1.165) is 0 Å². The molecule has 0 fully saturated rings. The van der Waals surface area contributed by atoms with Gasteiger partial charge < -0.3 is 10.9 Å². The average molecular weight is 199 g/mol. The van der Waals surface area contributed by atoms with Crippen molar-refractivity contribution in [2.24, 2.45) is 5.16 Å². The minimum Gasteiger partial charge on any atom is -0.410 e. The zero-order chi connectivity index (χ0) is 7.56. The van der Waals surface area contributed by atoms with Crippen molar-refractivity contribution in [3.05, 3.63) is 5.69 Å². The van der Waals surface area contributed by atoms with Gasteiger partial charge >= 0.3 is 0 Å². The summed E-state index contributed by atoms with van der Waals surface area (Å²) in [5, 5.41) is 17.0. The smallest absolute Gasteiger partial charge is 0.201 e. The van der Waals surface area contributed by atoms with E-state index in [2.05, 4.69) is 20.1 Å². The van der Waals surface area contributed by atoms with Gasteiger partial charge in [0.05, 0.1) is 0 Å². The van der Waals surface area contributed by atoms with Gasteiger partial charge in [0.15, 0.2) is 11.5 Å². The largest absolute Gasteiger partial charge is 0.410 e. The molecule has 0 aliphatic heterocycles. The van der Waals surface area contributed by atoms with Gasteiger partial charge in [-0.15, -0.1) is 12.4 Å². The van der Waals surface area contributed by atoms with Gasteiger partial charge in [-0.25, -0.2) is 4.63 Å². The molecule has 6 nitrogen and oxygen atoms in total. The maximum Gasteiger partial charge on any atom is 0.201 e. The molecule has 0 bridgehead atoms. The van der Waals surface area contributed by atoms with Gasteiger partial charge in [0, 0.05) is 0 Å². The number of oxime groups is 1. The summed E-state index contributed by atoms with van der Waals surface area (Å²) >= 11 is 5.29. The molecule has 1 heterocycles. The van der Waals surface area contributed by atoms with Crippen molar-refractivity contribution in [2.45, 2.75) is 0 Å². The summed E-state index contributed by atoms with van der Waals surface area (Å²) in [6.45, 7) is 0. The van der Waals surface area contributed by atoms with Crippen molar-refractivity contribution in [3.63, 3.8) is 0 Å². The topological polar surface area (TPSA) is 97.5 Å². The van der Waals surface area contributed by atoms with E-state index < -0.39 is 0 Å². The van der Waals surface area contributed by atoms with Gasteiger partial charge in [0.2, 0.25) is 5.17 Å². The molecule has 0 aliphatic carbocycles. The Kier molecular flexibility index (Phi) is 3.63. The van der Waals surface area contributed by atoms with Crippen LogP contribution < -0.4 is 5.73 Å². The quantitative estimate of drug-likeness (QED) is 0.388. The van der Waals surface area contributed by atoms with Crippen LogP contribution >= 0.6 is 24.0 Å². The third-order valence-electron chi connectivity index (χ3n) is 0.797. The molecule has 8 heteroatoms. The Hall–Kier alpha value is -1.01. The van der Waals surface area contributed by atoms with E-state index in [-0.39, 0.29) is 29.1 Å². The standard InChI is InChI=1S/C3H3ClN4O2.ClH/c4-2(6-9)1-3(5)8-10-7-1;/h9H,(H2,5,8);1H/b6-2-;. The lowest BCUT2D eigenvalue weighted by molar-refractivity contribution is 0.305. The normalized spacial score (nSPS) is 10.8. The third kappa shape index (κ3) is 1.95. The van der Waals surface area contributed by atoms with Crippen molar-refractivity contribution in [1.29, 1.82) is 0 Å². The fourth-order valence-corrected chi connectivity index (χ4v) is 0.517. The highest BCUT2D eigenvalue weighted by Gasteiger charge is 2.10. The number of nitrogens with two attached hydrogens (primary N) is 1. The molecule has 0 amide bonds. The summed E-state index contributed by atoms with van der Waals surface area (Å²) in [5.74, 6) is -0.0113. The molecule has 0 saturated carbocycles. The lowest BCUT2D eigenvalue weighted by Crippen LogP contribution is -1.97. The van der Waals surface area contributed by atoms with Crippen molar-refractivity contribution in [3.8, 4) is 0 Å². The number of rotatable bonds is 1. The van der Waals surface area contributed by atoms with E-state index in [9.17, 15) is 0 Å². The molecule has 0 spiro atoms. The number of nitrogen functional groups attached to an aromatic ring is 1. The second kappa shape index (κ2) is 3.99. The molecule has 0 atom stereocenters. The van der Waals surface area contributed by atoms with E-state index in [0.29, 0.717) is 0 Å². The first-order valence-electron chi connectivity index (χ1n) is 2.21. The van der Waals surface area contributed by atoms with Crippen LogP contribution in [0.1, 0.15) is 5.69 Å². The van der Waals surface area contributed by atoms with Gasteiger partial charge in [-0.2, -0.15) is 0 Å². The summed E-state index contributed by atoms with van der Waals surface area (Å²) in [5.41, 5.74) is 5.20. The fraction of sp³-hybridized carbons (Fsp3) is 0. The minimum atomic E-state index is -0.251. The Labute approximate surface area is 72.4 Å². The van der Waals surface area contributed by atoms with Gasteiger partial charge in [-0.3, -0.25) is 0 Å². The summed E-state index contributed by atoms with van der Waals surface area (Å²) in [4.78, 5) is 0. The number of nitrogens with zero attached hydrogens (tertiary/aromatic N) is 3. The number of aromatic nitrogens is 2. The molecule has 0 aliphatic rings. The highest BCUT2D eigenvalue weighted by Crippen LogP contribution is 2.07. The Bertz CT molecular complexity index is 260. The van der Waals surface area contributed by atoms with Crippen LogP contribution in [0, 0.1) is 0 Å². The van der Waals surface area contributed by atoms with Crippen molar-refractivity contribution >= 4 is 35.0 Å². The molecule has 3 N–H and O–H groups in total. The van der Waals surface area contributed by atoms with Crippen molar-refractivity contribution in [2.75, 3.05) is 5.73 Å². The van der Waals surface area contributed by atoms with Crippen molar-refractivity contribution in [1.82, 2.24) is 10.3 Å². The maximum atomic E-state index is 8.12. The van der Waals surface area contributed by atoms with Gasteiger partial charge in [-0.1, -0.05) is 16.8 Å². The zero-order valence-electron chi connectivity index (χ0n) is 5.06. The molecule has 62 valence electrons. The van der Waals surface area contributed by atoms with E-state index in [1.807, 2.05) is 0 Å². The van der Waals surface area contributed by atoms with Crippen LogP contribution in [0.4, 0.5) is 5.82 Å². The van der Waals surface area contributed by atoms with E-state index in [1.165, 1.54) is 0 Å². The molecule has 1 aromatic rings. The summed E-state index contributed by atoms with van der Waals surface area (Å²) < 4.78 is 4.17. The number of hydrogen-bond acceptors (Lipinski definition) is 6. The molecule has 0 unspecified atom stereocenters. The summed E-state index contributed by atoms with van der Waals surface area (Å²) in [6.07, 6.45) is 0. The first-order valence-corrected chi connectivity index (χ1v) is 2.59. The number of halogens is 2. The first-order chi connectivity index (χ1) is 4.75. The second-order valence-electron chi connectivity index (χ2n) is 1.39. The van der Waals surface area contributed by atoms with Gasteiger partial charge in [0.25, 0.3) is 0 Å². The van der Waals surface area contributed by atoms with Crippen LogP contribution in [-0.4, -0.2) is 20.7 Å². The second-order valence-corrected chi connectivity index (χ2v) is 1.75. The maximum absolute atomic E-state index is 8.12. The Balaban J connectivity index is 0.000001000. The number of hydrogen-bond donors (Lipinski definition) is 2. The fourth-order valence-electron chi connectivity index (χ4n) is 0.386. The Morgan fingerprint density at radius 1 is 1.64 bits per heavy atom. The predicted molar refractivity (Wildman–Crippen MR) is 40.1 cm³/mol. The SMILES string of the molecule is Cl.Nc1nonc1/C(Cl)=N/O. The lowest BCUT2D eigenvalue weighted by Gasteiger charge is -1.84. The molecule has 0 aromatic carbocycles. The summed E-state index contributed by atoms with van der Waals surface area (Å²) in [6, 6.07) is 0. The Morgan fingerprint density at radius 3 is 2.64 bits per heavy atom. The van der Waals surface area contributed by atoms with Crippen LogP contribution in [0.3, 0.4) is 0 Å². The van der Waals surface area contributed by atoms with Crippen LogP contribution in [0.2, 0.25) is 0 Å². The minimum absolute atomic E-state index is 0. The summed E-state index contributed by atoms with van der Waals surface area (Å²) in [7, 11) is 0. The Morgan fingerprint density at radius 2 is 2.27 bits per heavy atom. The zero-order valence-corrected chi connectivity index (χ0v) is 6.63. The average Bonchev–Trinajstić information content (AvgIpc) is 2.34. The van der Waals surface area contributed by atoms with Crippen LogP contribution in [-0.2, 0) is 0 Å². The monoisotopic (exact) mass is 198 g/mol. The highest BCUT2D eigenvalue weighted by molar-refractivity contribution is 6.69. The van der Waals surface area contributed by atoms with Crippen molar-refractivity contribution < 1.29 is 9.84 Å².